The predicted molar refractivity (Wildman–Crippen MR) is 287 cm³/mol. The Balaban J connectivity index is 0.00000711. The molecule has 0 bridgehead atoms. The summed E-state index contributed by atoms with van der Waals surface area (Å²) in [6.45, 7) is 20.8. The van der Waals surface area contributed by atoms with Crippen molar-refractivity contribution in [2.24, 2.45) is 0 Å². The number of nitrogens with zero attached hydrogens (tertiary/aromatic N) is 3. The van der Waals surface area contributed by atoms with Crippen LogP contribution in [0.2, 0.25) is 0 Å². The number of aryl methyl sites for hydroxylation is 1. The van der Waals surface area contributed by atoms with Crippen LogP contribution in [0.5, 0.6) is 5.75 Å². The molecule has 4 nitrogen and oxygen atoms in total. The summed E-state index contributed by atoms with van der Waals surface area (Å²) in [6.07, 6.45) is 1.83. The summed E-state index contributed by atoms with van der Waals surface area (Å²) in [5, 5.41) is 12.6. The van der Waals surface area contributed by atoms with Crippen LogP contribution in [0.15, 0.2) is 158 Å². The van der Waals surface area contributed by atoms with Crippen molar-refractivity contribution in [1.29, 1.82) is 0 Å². The van der Waals surface area contributed by atoms with Crippen molar-refractivity contribution in [3.05, 3.63) is 192 Å². The van der Waals surface area contributed by atoms with E-state index in [0.717, 1.165) is 89.2 Å². The van der Waals surface area contributed by atoms with E-state index < -0.39 is 18.2 Å². The van der Waals surface area contributed by atoms with Crippen molar-refractivity contribution >= 4 is 11.0 Å². The van der Waals surface area contributed by atoms with Gasteiger partial charge >= 0.3 is 0 Å². The van der Waals surface area contributed by atoms with Crippen LogP contribution in [0, 0.1) is 12.9 Å². The van der Waals surface area contributed by atoms with Crippen molar-refractivity contribution < 1.29 is 31.7 Å². The zero-order valence-electron chi connectivity index (χ0n) is 45.6. The van der Waals surface area contributed by atoms with E-state index in [1.807, 2.05) is 68.6 Å². The zero-order chi connectivity index (χ0) is 51.7. The Kier molecular flexibility index (Phi) is 12.0. The number of para-hydroxylation sites is 1. The van der Waals surface area contributed by atoms with Gasteiger partial charge in [0.2, 0.25) is 0 Å². The predicted octanol–water partition coefficient (Wildman–Crippen LogP) is 17.3. The zero-order valence-corrected chi connectivity index (χ0v) is 43.9. The van der Waals surface area contributed by atoms with E-state index in [2.05, 4.69) is 164 Å². The first-order valence-electron chi connectivity index (χ1n) is 25.6. The second kappa shape index (κ2) is 18.9. The van der Waals surface area contributed by atoms with Crippen molar-refractivity contribution in [2.45, 2.75) is 105 Å². The quantitative estimate of drug-likeness (QED) is 0.154. The van der Waals surface area contributed by atoms with Crippen molar-refractivity contribution in [3.8, 4) is 78.6 Å². The molecule has 0 aliphatic heterocycles. The summed E-state index contributed by atoms with van der Waals surface area (Å²) in [7, 11) is 0. The molecule has 0 spiro atoms. The standard InChI is InChI=1S/C64H64N3O.Pt/c1-40(2)42-22-24-44(25-23-42)46-31-32-65-56(37-46)49-35-47(43-17-14-13-15-18-43)34-48(36-49)52-19-16-20-58-59(52)66-61(54-38-51(63(7,8)9)39-55(60(54)68)64(10,11)12)67(58)57-30-21-41(3)33-53(57)45-26-28-50(29-27-45)62(4,5)6;/h13-35,37-40,68H,1-12H3;/q-1;/i3D3,40D;. The number of benzene rings is 7. The van der Waals surface area contributed by atoms with Crippen LogP contribution >= 0.6 is 0 Å². The molecular weight excluding hydrogens is 1020 g/mol. The number of hydrogen-bond acceptors (Lipinski definition) is 3. The molecule has 0 aliphatic rings. The molecule has 69 heavy (non-hydrogen) atoms. The molecule has 0 saturated carbocycles. The van der Waals surface area contributed by atoms with E-state index in [1.54, 1.807) is 12.1 Å². The van der Waals surface area contributed by atoms with E-state index in [-0.39, 0.29) is 43.2 Å². The van der Waals surface area contributed by atoms with Crippen LogP contribution in [0.1, 0.15) is 115 Å². The van der Waals surface area contributed by atoms with Crippen LogP contribution < -0.4 is 0 Å². The molecule has 0 amide bonds. The molecule has 2 aromatic heterocycles. The normalized spacial score (nSPS) is 13.3. The number of phenols is 1. The molecule has 0 atom stereocenters. The van der Waals surface area contributed by atoms with Crippen LogP contribution in [-0.2, 0) is 37.3 Å². The number of fused-ring (bicyclic) bond motifs is 1. The topological polar surface area (TPSA) is 50.9 Å². The van der Waals surface area contributed by atoms with Crippen molar-refractivity contribution in [1.82, 2.24) is 14.5 Å². The minimum atomic E-state index is -2.36. The van der Waals surface area contributed by atoms with Gasteiger partial charge in [0.15, 0.2) is 0 Å². The van der Waals surface area contributed by atoms with E-state index in [4.69, 9.17) is 15.5 Å². The summed E-state index contributed by atoms with van der Waals surface area (Å²) < 4.78 is 36.2. The molecule has 0 radical (unpaired) electrons. The second-order valence-electron chi connectivity index (χ2n) is 21.5. The number of imidazole rings is 1. The average molecular weight is 1090 g/mol. The van der Waals surface area contributed by atoms with Gasteiger partial charge in [-0.1, -0.05) is 208 Å². The summed E-state index contributed by atoms with van der Waals surface area (Å²) in [4.78, 5) is 10.5. The molecule has 5 heteroatoms. The fourth-order valence-electron chi connectivity index (χ4n) is 9.07. The molecule has 352 valence electrons. The van der Waals surface area contributed by atoms with Gasteiger partial charge in [-0.05, 0) is 98.3 Å². The van der Waals surface area contributed by atoms with E-state index in [9.17, 15) is 5.11 Å². The summed E-state index contributed by atoms with van der Waals surface area (Å²) >= 11 is 0. The summed E-state index contributed by atoms with van der Waals surface area (Å²) in [5.74, 6) is -0.0379. The number of pyridine rings is 1. The summed E-state index contributed by atoms with van der Waals surface area (Å²) in [5.41, 5.74) is 15.0. The van der Waals surface area contributed by atoms with Gasteiger partial charge in [0, 0.05) is 49.6 Å². The van der Waals surface area contributed by atoms with Crippen LogP contribution in [0.3, 0.4) is 0 Å². The largest absolute Gasteiger partial charge is 0.507 e. The monoisotopic (exact) mass is 1090 g/mol. The fourth-order valence-corrected chi connectivity index (χ4v) is 9.07. The van der Waals surface area contributed by atoms with E-state index in [1.165, 1.54) is 0 Å². The minimum absolute atomic E-state index is 0. The van der Waals surface area contributed by atoms with Crippen LogP contribution in [-0.4, -0.2) is 19.6 Å². The number of hydrogen-bond donors (Lipinski definition) is 1. The molecule has 2 heterocycles. The van der Waals surface area contributed by atoms with Gasteiger partial charge in [-0.25, -0.2) is 4.98 Å². The third kappa shape index (κ3) is 9.93. The minimum Gasteiger partial charge on any atom is -0.507 e. The maximum atomic E-state index is 12.6. The first-order valence-corrected chi connectivity index (χ1v) is 23.6. The van der Waals surface area contributed by atoms with Gasteiger partial charge in [0.05, 0.1) is 22.3 Å². The Hall–Kier alpha value is -6.35. The van der Waals surface area contributed by atoms with Gasteiger partial charge in [-0.15, -0.1) is 23.8 Å². The first kappa shape index (κ1) is 43.9. The molecule has 0 unspecified atom stereocenters. The second-order valence-corrected chi connectivity index (χ2v) is 21.5. The van der Waals surface area contributed by atoms with Crippen molar-refractivity contribution in [3.63, 3.8) is 0 Å². The van der Waals surface area contributed by atoms with Gasteiger partial charge in [-0.2, -0.15) is 0 Å². The summed E-state index contributed by atoms with van der Waals surface area (Å²) in [6, 6.07) is 54.7. The molecule has 0 fully saturated rings. The third-order valence-electron chi connectivity index (χ3n) is 13.1. The number of phenolic OH excluding ortho intramolecular Hbond substituents is 1. The average Bonchev–Trinajstić information content (AvgIpc) is 3.72. The van der Waals surface area contributed by atoms with Crippen LogP contribution in [0.25, 0.3) is 83.9 Å². The Bertz CT molecular complexity index is 3480. The molecule has 7 aromatic carbocycles. The Morgan fingerprint density at radius 3 is 1.90 bits per heavy atom. The molecule has 0 aliphatic carbocycles. The van der Waals surface area contributed by atoms with Gasteiger partial charge in [-0.3, -0.25) is 9.55 Å². The molecule has 9 rings (SSSR count). The first-order chi connectivity index (χ1) is 33.8. The Morgan fingerprint density at radius 2 is 1.25 bits per heavy atom. The molecule has 1 N–H and O–H groups in total. The van der Waals surface area contributed by atoms with Crippen molar-refractivity contribution in [2.75, 3.05) is 0 Å². The number of rotatable bonds is 8. The van der Waals surface area contributed by atoms with Gasteiger partial charge < -0.3 is 5.11 Å². The van der Waals surface area contributed by atoms with Gasteiger partial charge in [0.1, 0.15) is 11.6 Å². The maximum absolute atomic E-state index is 12.6. The smallest absolute Gasteiger partial charge is 0.148 e. The maximum Gasteiger partial charge on any atom is 0.148 e. The van der Waals surface area contributed by atoms with Gasteiger partial charge in [0.25, 0.3) is 0 Å². The Labute approximate surface area is 430 Å². The SMILES string of the molecule is [2H]C([2H])([2H])c1ccc(-n2c(-c3cc(C(C)(C)C)cc(C(C)(C)C)c3O)nc3c(-c4[c-]c(-c5cc(-c6ccc(C([2H])(C)C)cc6)ccn5)cc(-c5ccccc5)c4)cccc32)c(-c2ccc(C(C)(C)C)cc2)c1.[Pt]. The molecular formula is C64H64N3OPt-. The third-order valence-corrected chi connectivity index (χ3v) is 13.1. The molecule has 0 saturated heterocycles. The number of aromatic nitrogens is 3. The molecule has 9 aromatic rings. The Morgan fingerprint density at radius 1 is 0.580 bits per heavy atom. The van der Waals surface area contributed by atoms with E-state index >= 15 is 0 Å². The van der Waals surface area contributed by atoms with E-state index in [0.29, 0.717) is 16.9 Å². The van der Waals surface area contributed by atoms with Crippen LogP contribution in [0.4, 0.5) is 0 Å². The number of aromatic hydroxyl groups is 1. The fraction of sp³-hybridized carbons (Fsp3) is 0.250.